The van der Waals surface area contributed by atoms with Gasteiger partial charge >= 0.3 is 0 Å². The van der Waals surface area contributed by atoms with E-state index in [2.05, 4.69) is 0 Å². The zero-order valence-corrected chi connectivity index (χ0v) is 16.6. The van der Waals surface area contributed by atoms with E-state index in [9.17, 15) is 4.79 Å². The third kappa shape index (κ3) is 7.29. The Morgan fingerprint density at radius 2 is 1.03 bits per heavy atom. The van der Waals surface area contributed by atoms with Gasteiger partial charge in [0.1, 0.15) is 49.4 Å². The van der Waals surface area contributed by atoms with Gasteiger partial charge in [0.2, 0.25) is 0 Å². The van der Waals surface area contributed by atoms with Crippen molar-refractivity contribution in [3.63, 3.8) is 0 Å². The van der Waals surface area contributed by atoms with Crippen LogP contribution in [0.4, 0.5) is 0 Å². The molecule has 0 fully saturated rings. The van der Waals surface area contributed by atoms with Crippen LogP contribution in [0.25, 0.3) is 0 Å². The second-order valence-electron chi connectivity index (χ2n) is 6.34. The molecule has 0 amide bonds. The van der Waals surface area contributed by atoms with Gasteiger partial charge in [-0.3, -0.25) is 4.79 Å². The number of fused-ring (bicyclic) bond motifs is 4. The number of ether oxygens (including phenoxy) is 6. The quantitative estimate of drug-likeness (QED) is 0.679. The number of rotatable bonds is 1. The number of ketones is 1. The maximum atomic E-state index is 11.8. The molecule has 0 saturated carbocycles. The number of Topliss-reactive ketones (excluding diaryl/α,β-unsaturated/α-hetero) is 1. The maximum Gasteiger partial charge on any atom is 0.160 e. The summed E-state index contributed by atoms with van der Waals surface area (Å²) in [4.78, 5) is 11.8. The van der Waals surface area contributed by atoms with E-state index >= 15 is 0 Å². The summed E-state index contributed by atoms with van der Waals surface area (Å²) in [6.07, 6.45) is 0. The third-order valence-electron chi connectivity index (χ3n) is 4.08. The fraction of sp³-hybridized carbons (Fsp3) is 0.409. The average molecular weight is 402 g/mol. The highest BCUT2D eigenvalue weighted by Crippen LogP contribution is 2.24. The van der Waals surface area contributed by atoms with Gasteiger partial charge in [-0.05, 0) is 31.2 Å². The Morgan fingerprint density at radius 1 is 0.621 bits per heavy atom. The maximum absolute atomic E-state index is 11.8. The van der Waals surface area contributed by atoms with Gasteiger partial charge in [0, 0.05) is 17.7 Å². The predicted octanol–water partition coefficient (Wildman–Crippen LogP) is 3.15. The number of hydrogen-bond acceptors (Lipinski definition) is 7. The summed E-state index contributed by atoms with van der Waals surface area (Å²) < 4.78 is 33.8. The molecule has 0 spiro atoms. The molecule has 4 bridgehead atoms. The topological polar surface area (TPSA) is 72.5 Å². The van der Waals surface area contributed by atoms with E-state index in [-0.39, 0.29) is 5.78 Å². The Balaban J connectivity index is 1.60. The molecule has 0 atom stereocenters. The van der Waals surface area contributed by atoms with Gasteiger partial charge < -0.3 is 28.4 Å². The summed E-state index contributed by atoms with van der Waals surface area (Å²) in [6, 6.07) is 12.6. The van der Waals surface area contributed by atoms with E-state index < -0.39 is 0 Å². The van der Waals surface area contributed by atoms with Crippen molar-refractivity contribution >= 4 is 5.78 Å². The molecule has 7 nitrogen and oxygen atoms in total. The fourth-order valence-corrected chi connectivity index (χ4v) is 2.67. The van der Waals surface area contributed by atoms with Crippen LogP contribution in [0.5, 0.6) is 23.0 Å². The van der Waals surface area contributed by atoms with Crippen molar-refractivity contribution in [3.05, 3.63) is 48.0 Å². The SMILES string of the molecule is CC(=O)c1cc2cc(c1)OCCOCCOc1cccc(c1)OCCOCCO2. The van der Waals surface area contributed by atoms with Gasteiger partial charge in [-0.1, -0.05) is 6.07 Å². The highest BCUT2D eigenvalue weighted by Gasteiger charge is 2.07. The Kier molecular flexibility index (Phi) is 8.15. The van der Waals surface area contributed by atoms with Gasteiger partial charge in [0.25, 0.3) is 0 Å². The van der Waals surface area contributed by atoms with E-state index in [1.165, 1.54) is 6.92 Å². The lowest BCUT2D eigenvalue weighted by atomic mass is 10.1. The van der Waals surface area contributed by atoms with Crippen LogP contribution in [-0.4, -0.2) is 58.6 Å². The van der Waals surface area contributed by atoms with Crippen LogP contribution < -0.4 is 18.9 Å². The van der Waals surface area contributed by atoms with Gasteiger partial charge in [-0.25, -0.2) is 0 Å². The Labute approximate surface area is 170 Å². The van der Waals surface area contributed by atoms with Crippen molar-refractivity contribution in [1.29, 1.82) is 0 Å². The highest BCUT2D eigenvalue weighted by atomic mass is 16.6. The second-order valence-corrected chi connectivity index (χ2v) is 6.34. The zero-order valence-electron chi connectivity index (χ0n) is 16.6. The summed E-state index contributed by atoms with van der Waals surface area (Å²) >= 11 is 0. The Morgan fingerprint density at radius 3 is 1.48 bits per heavy atom. The summed E-state index contributed by atoms with van der Waals surface area (Å²) in [7, 11) is 0. The minimum absolute atomic E-state index is 0.0558. The van der Waals surface area contributed by atoms with Gasteiger partial charge in [0.05, 0.1) is 26.4 Å². The van der Waals surface area contributed by atoms with Crippen molar-refractivity contribution in [2.24, 2.45) is 0 Å². The first-order valence-electron chi connectivity index (χ1n) is 9.63. The van der Waals surface area contributed by atoms with Crippen molar-refractivity contribution in [1.82, 2.24) is 0 Å². The zero-order chi connectivity index (χ0) is 20.3. The number of carbonyl (C=O) groups is 1. The highest BCUT2D eigenvalue weighted by molar-refractivity contribution is 5.94. The molecule has 2 aromatic carbocycles. The summed E-state index contributed by atoms with van der Waals surface area (Å²) in [5.41, 5.74) is 0.532. The molecule has 1 aliphatic heterocycles. The lowest BCUT2D eigenvalue weighted by Crippen LogP contribution is -2.14. The lowest BCUT2D eigenvalue weighted by Gasteiger charge is -2.13. The van der Waals surface area contributed by atoms with E-state index in [0.717, 1.165) is 11.5 Å². The predicted molar refractivity (Wildman–Crippen MR) is 107 cm³/mol. The van der Waals surface area contributed by atoms with Gasteiger partial charge in [0.15, 0.2) is 5.78 Å². The second kappa shape index (κ2) is 11.3. The van der Waals surface area contributed by atoms with Crippen molar-refractivity contribution in [3.8, 4) is 23.0 Å². The van der Waals surface area contributed by atoms with E-state index in [4.69, 9.17) is 28.4 Å². The minimum Gasteiger partial charge on any atom is -0.491 e. The molecule has 7 heteroatoms. The van der Waals surface area contributed by atoms with Crippen LogP contribution in [0.2, 0.25) is 0 Å². The monoisotopic (exact) mass is 402 g/mol. The number of benzene rings is 2. The van der Waals surface area contributed by atoms with Gasteiger partial charge in [-0.15, -0.1) is 0 Å². The van der Waals surface area contributed by atoms with Crippen LogP contribution in [0, 0.1) is 0 Å². The molecule has 1 heterocycles. The van der Waals surface area contributed by atoms with Crippen molar-refractivity contribution in [2.45, 2.75) is 6.92 Å². The molecule has 0 aliphatic carbocycles. The fourth-order valence-electron chi connectivity index (χ4n) is 2.67. The van der Waals surface area contributed by atoms with Crippen LogP contribution in [-0.2, 0) is 9.47 Å². The minimum atomic E-state index is -0.0558. The molecule has 29 heavy (non-hydrogen) atoms. The molecule has 0 saturated heterocycles. The Hall–Kier alpha value is -2.77. The van der Waals surface area contributed by atoms with Crippen LogP contribution >= 0.6 is 0 Å². The number of hydrogen-bond donors (Lipinski definition) is 0. The Bertz CT molecular complexity index is 739. The van der Waals surface area contributed by atoms with E-state index in [1.54, 1.807) is 18.2 Å². The third-order valence-corrected chi connectivity index (χ3v) is 4.08. The van der Waals surface area contributed by atoms with Crippen LogP contribution in [0.3, 0.4) is 0 Å². The molecule has 0 radical (unpaired) electrons. The molecule has 1 aliphatic rings. The molecule has 2 aromatic rings. The largest absolute Gasteiger partial charge is 0.491 e. The number of carbonyl (C=O) groups excluding carboxylic acids is 1. The first kappa shape index (κ1) is 21.0. The van der Waals surface area contributed by atoms with Crippen LogP contribution in [0.1, 0.15) is 17.3 Å². The van der Waals surface area contributed by atoms with Crippen molar-refractivity contribution in [2.75, 3.05) is 52.9 Å². The smallest absolute Gasteiger partial charge is 0.160 e. The molecule has 0 unspecified atom stereocenters. The first-order chi connectivity index (χ1) is 14.2. The molecular weight excluding hydrogens is 376 g/mol. The van der Waals surface area contributed by atoms with E-state index in [1.807, 2.05) is 24.3 Å². The molecule has 0 N–H and O–H groups in total. The standard InChI is InChI=1S/C22H26O7/c1-17(23)18-13-21-16-22(14-18)29-12-8-25-6-10-27-20-4-2-3-19(15-20)26-9-5-24-7-11-28-21/h2-4,13-16H,5-12H2,1H3. The molecular formula is C22H26O7. The summed E-state index contributed by atoms with van der Waals surface area (Å²) in [5.74, 6) is 2.51. The van der Waals surface area contributed by atoms with Crippen LogP contribution in [0.15, 0.2) is 42.5 Å². The molecule has 3 rings (SSSR count). The van der Waals surface area contributed by atoms with Crippen molar-refractivity contribution < 1.29 is 33.2 Å². The summed E-state index contributed by atoms with van der Waals surface area (Å²) in [6.45, 7) is 4.74. The van der Waals surface area contributed by atoms with E-state index in [0.29, 0.717) is 69.9 Å². The normalized spacial score (nSPS) is 16.3. The summed E-state index contributed by atoms with van der Waals surface area (Å²) in [5, 5.41) is 0. The first-order valence-corrected chi connectivity index (χ1v) is 9.63. The average Bonchev–Trinajstić information content (AvgIpc) is 2.72. The van der Waals surface area contributed by atoms with Gasteiger partial charge in [-0.2, -0.15) is 0 Å². The molecule has 0 aromatic heterocycles. The molecule has 156 valence electrons. The lowest BCUT2D eigenvalue weighted by molar-refractivity contribution is 0.0729.